The van der Waals surface area contributed by atoms with Crippen molar-refractivity contribution < 1.29 is 5.11 Å². The van der Waals surface area contributed by atoms with Crippen molar-refractivity contribution in [3.8, 4) is 0 Å². The van der Waals surface area contributed by atoms with Gasteiger partial charge in [-0.1, -0.05) is 56.2 Å². The Kier molecular flexibility index (Phi) is 4.57. The van der Waals surface area contributed by atoms with Crippen LogP contribution in [0.15, 0.2) is 42.5 Å². The molecule has 1 aliphatic rings. The standard InChI is InChI=1S/C19H25NO/c1-2-18(20-17-9-5-6-10-17)19(21)16-12-11-14-7-3-4-8-15(14)13-16/h3-4,7-8,11-13,17-21H,2,5-6,9-10H2,1H3. The summed E-state index contributed by atoms with van der Waals surface area (Å²) in [7, 11) is 0. The summed E-state index contributed by atoms with van der Waals surface area (Å²) in [4.78, 5) is 0. The van der Waals surface area contributed by atoms with Crippen LogP contribution in [0.3, 0.4) is 0 Å². The van der Waals surface area contributed by atoms with E-state index in [9.17, 15) is 5.11 Å². The van der Waals surface area contributed by atoms with E-state index in [1.54, 1.807) is 0 Å². The molecule has 2 unspecified atom stereocenters. The molecule has 0 aliphatic heterocycles. The highest BCUT2D eigenvalue weighted by Crippen LogP contribution is 2.26. The van der Waals surface area contributed by atoms with Gasteiger partial charge in [0.15, 0.2) is 0 Å². The summed E-state index contributed by atoms with van der Waals surface area (Å²) >= 11 is 0. The Hall–Kier alpha value is -1.38. The van der Waals surface area contributed by atoms with Gasteiger partial charge in [-0.15, -0.1) is 0 Å². The summed E-state index contributed by atoms with van der Waals surface area (Å²) < 4.78 is 0. The normalized spacial score (nSPS) is 19.0. The zero-order valence-corrected chi connectivity index (χ0v) is 12.8. The first-order valence-corrected chi connectivity index (χ1v) is 8.20. The lowest BCUT2D eigenvalue weighted by molar-refractivity contribution is 0.119. The average molecular weight is 283 g/mol. The maximum Gasteiger partial charge on any atom is 0.0943 e. The van der Waals surface area contributed by atoms with Crippen molar-refractivity contribution in [1.82, 2.24) is 5.32 Å². The van der Waals surface area contributed by atoms with E-state index >= 15 is 0 Å². The number of aliphatic hydroxyl groups excluding tert-OH is 1. The minimum Gasteiger partial charge on any atom is -0.387 e. The van der Waals surface area contributed by atoms with Crippen molar-refractivity contribution in [2.24, 2.45) is 0 Å². The van der Waals surface area contributed by atoms with E-state index in [4.69, 9.17) is 0 Å². The third kappa shape index (κ3) is 3.28. The van der Waals surface area contributed by atoms with E-state index in [1.165, 1.54) is 36.5 Å². The first-order chi connectivity index (χ1) is 10.3. The van der Waals surface area contributed by atoms with Gasteiger partial charge in [0.1, 0.15) is 0 Å². The Morgan fingerprint density at radius 3 is 2.52 bits per heavy atom. The Bertz CT molecular complexity index is 589. The molecule has 112 valence electrons. The molecule has 2 atom stereocenters. The van der Waals surface area contributed by atoms with Gasteiger partial charge in [-0.05, 0) is 41.7 Å². The Labute approximate surface area is 127 Å². The molecular formula is C19H25NO. The van der Waals surface area contributed by atoms with Crippen LogP contribution in [0.5, 0.6) is 0 Å². The second kappa shape index (κ2) is 6.59. The predicted molar refractivity (Wildman–Crippen MR) is 88.4 cm³/mol. The van der Waals surface area contributed by atoms with Crippen molar-refractivity contribution in [1.29, 1.82) is 0 Å². The van der Waals surface area contributed by atoms with Crippen molar-refractivity contribution in [3.63, 3.8) is 0 Å². The zero-order valence-electron chi connectivity index (χ0n) is 12.8. The quantitative estimate of drug-likeness (QED) is 0.862. The maximum absolute atomic E-state index is 10.7. The van der Waals surface area contributed by atoms with Crippen LogP contribution in [0.25, 0.3) is 10.8 Å². The highest BCUT2D eigenvalue weighted by molar-refractivity contribution is 5.83. The fourth-order valence-corrected chi connectivity index (χ4v) is 3.45. The molecule has 2 nitrogen and oxygen atoms in total. The molecule has 0 radical (unpaired) electrons. The van der Waals surface area contributed by atoms with Crippen LogP contribution in [0.1, 0.15) is 50.7 Å². The van der Waals surface area contributed by atoms with Gasteiger partial charge in [0.2, 0.25) is 0 Å². The van der Waals surface area contributed by atoms with Crippen molar-refractivity contribution in [3.05, 3.63) is 48.0 Å². The molecule has 2 aromatic carbocycles. The summed E-state index contributed by atoms with van der Waals surface area (Å²) in [5, 5.41) is 16.8. The third-order valence-corrected chi connectivity index (χ3v) is 4.74. The number of fused-ring (bicyclic) bond motifs is 1. The molecule has 1 fully saturated rings. The van der Waals surface area contributed by atoms with Gasteiger partial charge in [0, 0.05) is 12.1 Å². The molecule has 0 bridgehead atoms. The summed E-state index contributed by atoms with van der Waals surface area (Å²) in [5.74, 6) is 0. The minimum absolute atomic E-state index is 0.147. The first kappa shape index (κ1) is 14.6. The Morgan fingerprint density at radius 2 is 1.81 bits per heavy atom. The lowest BCUT2D eigenvalue weighted by atomic mass is 9.96. The largest absolute Gasteiger partial charge is 0.387 e. The molecule has 2 N–H and O–H groups in total. The molecule has 0 saturated heterocycles. The number of hydrogen-bond donors (Lipinski definition) is 2. The van der Waals surface area contributed by atoms with Crippen LogP contribution >= 0.6 is 0 Å². The number of hydrogen-bond acceptors (Lipinski definition) is 2. The molecular weight excluding hydrogens is 258 g/mol. The van der Waals surface area contributed by atoms with Crippen LogP contribution in [-0.2, 0) is 0 Å². The Balaban J connectivity index is 1.78. The number of aliphatic hydroxyl groups is 1. The van der Waals surface area contributed by atoms with Crippen molar-refractivity contribution >= 4 is 10.8 Å². The summed E-state index contributed by atoms with van der Waals surface area (Å²) in [6.07, 6.45) is 5.66. The second-order valence-corrected chi connectivity index (χ2v) is 6.21. The van der Waals surface area contributed by atoms with Crippen LogP contribution in [0.2, 0.25) is 0 Å². The van der Waals surface area contributed by atoms with Gasteiger partial charge < -0.3 is 10.4 Å². The van der Waals surface area contributed by atoms with Crippen molar-refractivity contribution in [2.45, 2.75) is 57.2 Å². The summed E-state index contributed by atoms with van der Waals surface area (Å²) in [6, 6.07) is 15.3. The van der Waals surface area contributed by atoms with Gasteiger partial charge in [0.25, 0.3) is 0 Å². The van der Waals surface area contributed by atoms with Gasteiger partial charge in [0.05, 0.1) is 6.10 Å². The molecule has 1 saturated carbocycles. The number of rotatable bonds is 5. The molecule has 0 spiro atoms. The van der Waals surface area contributed by atoms with Crippen LogP contribution in [-0.4, -0.2) is 17.2 Å². The minimum atomic E-state index is -0.430. The van der Waals surface area contributed by atoms with E-state index in [0.29, 0.717) is 6.04 Å². The lowest BCUT2D eigenvalue weighted by Gasteiger charge is -2.27. The molecule has 0 amide bonds. The topological polar surface area (TPSA) is 32.3 Å². The van der Waals surface area contributed by atoms with Gasteiger partial charge in [-0.3, -0.25) is 0 Å². The van der Waals surface area contributed by atoms with Crippen molar-refractivity contribution in [2.75, 3.05) is 0 Å². The van der Waals surface area contributed by atoms with E-state index in [1.807, 2.05) is 6.07 Å². The third-order valence-electron chi connectivity index (χ3n) is 4.74. The predicted octanol–water partition coefficient (Wildman–Crippen LogP) is 4.18. The highest BCUT2D eigenvalue weighted by atomic mass is 16.3. The lowest BCUT2D eigenvalue weighted by Crippen LogP contribution is -2.40. The maximum atomic E-state index is 10.7. The number of nitrogens with one attached hydrogen (secondary N) is 1. The fraction of sp³-hybridized carbons (Fsp3) is 0.474. The molecule has 1 aliphatic carbocycles. The Morgan fingerprint density at radius 1 is 1.10 bits per heavy atom. The first-order valence-electron chi connectivity index (χ1n) is 8.20. The molecule has 21 heavy (non-hydrogen) atoms. The van der Waals surface area contributed by atoms with E-state index < -0.39 is 6.10 Å². The van der Waals surface area contributed by atoms with Gasteiger partial charge in [-0.2, -0.15) is 0 Å². The second-order valence-electron chi connectivity index (χ2n) is 6.21. The average Bonchev–Trinajstić information content (AvgIpc) is 3.04. The van der Waals surface area contributed by atoms with E-state index in [-0.39, 0.29) is 6.04 Å². The molecule has 3 rings (SSSR count). The van der Waals surface area contributed by atoms with Gasteiger partial charge in [-0.25, -0.2) is 0 Å². The molecule has 2 aromatic rings. The van der Waals surface area contributed by atoms with E-state index in [2.05, 4.69) is 48.6 Å². The van der Waals surface area contributed by atoms with Crippen LogP contribution < -0.4 is 5.32 Å². The zero-order chi connectivity index (χ0) is 14.7. The smallest absolute Gasteiger partial charge is 0.0943 e. The van der Waals surface area contributed by atoms with E-state index in [0.717, 1.165) is 12.0 Å². The fourth-order valence-electron chi connectivity index (χ4n) is 3.45. The van der Waals surface area contributed by atoms with Crippen LogP contribution in [0, 0.1) is 0 Å². The molecule has 2 heteroatoms. The SMILES string of the molecule is CCC(NC1CCCC1)C(O)c1ccc2ccccc2c1. The summed E-state index contributed by atoms with van der Waals surface area (Å²) in [5.41, 5.74) is 1.02. The number of benzene rings is 2. The molecule has 0 aromatic heterocycles. The van der Waals surface area contributed by atoms with Gasteiger partial charge >= 0.3 is 0 Å². The monoisotopic (exact) mass is 283 g/mol. The van der Waals surface area contributed by atoms with Crippen LogP contribution in [0.4, 0.5) is 0 Å². The highest BCUT2D eigenvalue weighted by Gasteiger charge is 2.24. The summed E-state index contributed by atoms with van der Waals surface area (Å²) in [6.45, 7) is 2.15. The molecule has 0 heterocycles.